The van der Waals surface area contributed by atoms with Crippen LogP contribution in [0.3, 0.4) is 0 Å². The third-order valence-electron chi connectivity index (χ3n) is 5.29. The molecule has 2 aliphatic heterocycles. The van der Waals surface area contributed by atoms with Crippen LogP contribution in [0.5, 0.6) is 0 Å². The van der Waals surface area contributed by atoms with Crippen LogP contribution in [0.1, 0.15) is 18.5 Å². The monoisotopic (exact) mass is 442 g/mol. The molecule has 2 heterocycles. The number of carbonyl (C=O) groups is 3. The van der Waals surface area contributed by atoms with Crippen molar-refractivity contribution < 1.29 is 18.8 Å². The fourth-order valence-corrected chi connectivity index (χ4v) is 4.11. The van der Waals surface area contributed by atoms with E-state index in [4.69, 9.17) is 11.6 Å². The van der Waals surface area contributed by atoms with Gasteiger partial charge in [-0.25, -0.2) is 9.18 Å². The van der Waals surface area contributed by atoms with Crippen molar-refractivity contribution in [1.82, 2.24) is 15.1 Å². The number of likely N-dealkylation sites (N-methyl/N-ethyl adjacent to an activating group) is 1. The molecule has 0 saturated heterocycles. The molecule has 0 bridgehead atoms. The molecule has 2 N–H and O–H groups in total. The van der Waals surface area contributed by atoms with Crippen LogP contribution >= 0.6 is 11.6 Å². The van der Waals surface area contributed by atoms with Crippen molar-refractivity contribution in [2.45, 2.75) is 13.0 Å². The van der Waals surface area contributed by atoms with Gasteiger partial charge in [-0.15, -0.1) is 0 Å². The van der Waals surface area contributed by atoms with Gasteiger partial charge in [0, 0.05) is 17.3 Å². The molecule has 31 heavy (non-hydrogen) atoms. The van der Waals surface area contributed by atoms with E-state index in [1.54, 1.807) is 24.3 Å². The van der Waals surface area contributed by atoms with Crippen molar-refractivity contribution in [2.75, 3.05) is 25.0 Å². The molecule has 4 amide bonds. The predicted octanol–water partition coefficient (Wildman–Crippen LogP) is 3.30. The number of benzene rings is 2. The highest BCUT2D eigenvalue weighted by molar-refractivity contribution is 6.31. The Balaban J connectivity index is 1.58. The summed E-state index contributed by atoms with van der Waals surface area (Å²) in [5, 5.41) is 5.94. The number of carbonyl (C=O) groups excluding carboxylic acids is 3. The van der Waals surface area contributed by atoms with Gasteiger partial charge in [-0.3, -0.25) is 14.5 Å². The molecule has 160 valence electrons. The fourth-order valence-electron chi connectivity index (χ4n) is 3.86. The van der Waals surface area contributed by atoms with Crippen molar-refractivity contribution in [2.24, 2.45) is 0 Å². The molecule has 4 rings (SSSR count). The third-order valence-corrected chi connectivity index (χ3v) is 5.64. The van der Waals surface area contributed by atoms with E-state index in [1.807, 2.05) is 6.92 Å². The smallest absolute Gasteiger partial charge is 0.322 e. The number of amides is 4. The number of anilines is 1. The second-order valence-electron chi connectivity index (χ2n) is 7.22. The molecular weight excluding hydrogens is 423 g/mol. The zero-order valence-corrected chi connectivity index (χ0v) is 17.4. The molecule has 2 aliphatic rings. The van der Waals surface area contributed by atoms with Crippen LogP contribution in [0, 0.1) is 5.82 Å². The van der Waals surface area contributed by atoms with E-state index >= 15 is 0 Å². The number of rotatable bonds is 5. The zero-order valence-electron chi connectivity index (χ0n) is 16.7. The van der Waals surface area contributed by atoms with Crippen molar-refractivity contribution in [3.63, 3.8) is 0 Å². The Morgan fingerprint density at radius 2 is 1.90 bits per heavy atom. The van der Waals surface area contributed by atoms with Gasteiger partial charge in [-0.1, -0.05) is 29.8 Å². The molecule has 7 nitrogen and oxygen atoms in total. The summed E-state index contributed by atoms with van der Waals surface area (Å²) < 4.78 is 13.1. The number of nitrogens with zero attached hydrogens (tertiary/aromatic N) is 2. The molecule has 0 fully saturated rings. The van der Waals surface area contributed by atoms with Crippen molar-refractivity contribution in [3.05, 3.63) is 76.2 Å². The maximum atomic E-state index is 13.3. The third kappa shape index (κ3) is 3.98. The average molecular weight is 443 g/mol. The number of hydrogen-bond acceptors (Lipinski definition) is 3. The molecular formula is C22H20ClFN4O3. The van der Waals surface area contributed by atoms with Gasteiger partial charge < -0.3 is 15.5 Å². The van der Waals surface area contributed by atoms with E-state index in [9.17, 15) is 18.8 Å². The molecule has 0 radical (unpaired) electrons. The Morgan fingerprint density at radius 3 is 2.58 bits per heavy atom. The number of urea groups is 1. The van der Waals surface area contributed by atoms with E-state index in [-0.39, 0.29) is 25.0 Å². The van der Waals surface area contributed by atoms with Gasteiger partial charge in [0.2, 0.25) is 5.91 Å². The average Bonchev–Trinajstić information content (AvgIpc) is 3.05. The first-order valence-corrected chi connectivity index (χ1v) is 10.2. The number of halogens is 2. The highest BCUT2D eigenvalue weighted by Crippen LogP contribution is 2.38. The summed E-state index contributed by atoms with van der Waals surface area (Å²) in [6.07, 6.45) is 0. The van der Waals surface area contributed by atoms with Crippen LogP contribution in [-0.4, -0.2) is 47.3 Å². The minimum Gasteiger partial charge on any atom is -0.326 e. The van der Waals surface area contributed by atoms with Crippen molar-refractivity contribution in [3.8, 4) is 0 Å². The maximum Gasteiger partial charge on any atom is 0.322 e. The Kier molecular flexibility index (Phi) is 5.65. The van der Waals surface area contributed by atoms with E-state index in [1.165, 1.54) is 34.1 Å². The molecule has 1 unspecified atom stereocenters. The second-order valence-corrected chi connectivity index (χ2v) is 7.63. The topological polar surface area (TPSA) is 81.8 Å². The number of hydrogen-bond donors (Lipinski definition) is 2. The highest BCUT2D eigenvalue weighted by atomic mass is 35.5. The Labute approximate surface area is 183 Å². The minimum absolute atomic E-state index is 0.132. The van der Waals surface area contributed by atoms with Gasteiger partial charge in [-0.05, 0) is 42.8 Å². The molecule has 0 aromatic heterocycles. The van der Waals surface area contributed by atoms with E-state index in [0.29, 0.717) is 34.1 Å². The molecule has 9 heteroatoms. The van der Waals surface area contributed by atoms with Gasteiger partial charge >= 0.3 is 6.03 Å². The van der Waals surface area contributed by atoms with E-state index in [0.717, 1.165) is 0 Å². The zero-order chi connectivity index (χ0) is 22.1. The van der Waals surface area contributed by atoms with Crippen LogP contribution in [0.2, 0.25) is 5.02 Å². The lowest BCUT2D eigenvalue weighted by atomic mass is 9.95. The Hall–Kier alpha value is -3.39. The normalized spacial score (nSPS) is 18.2. The van der Waals surface area contributed by atoms with Gasteiger partial charge in [0.05, 0.1) is 23.9 Å². The van der Waals surface area contributed by atoms with Gasteiger partial charge in [-0.2, -0.15) is 0 Å². The Bertz CT molecular complexity index is 1090. The minimum atomic E-state index is -0.698. The summed E-state index contributed by atoms with van der Waals surface area (Å²) in [4.78, 5) is 41.3. The summed E-state index contributed by atoms with van der Waals surface area (Å²) >= 11 is 6.33. The summed E-state index contributed by atoms with van der Waals surface area (Å²) in [5.41, 5.74) is 2.02. The maximum absolute atomic E-state index is 13.3. The molecule has 2 aromatic rings. The first-order chi connectivity index (χ1) is 14.9. The van der Waals surface area contributed by atoms with Crippen LogP contribution in [0.25, 0.3) is 0 Å². The molecule has 2 aromatic carbocycles. The summed E-state index contributed by atoms with van der Waals surface area (Å²) in [6, 6.07) is 11.4. The van der Waals surface area contributed by atoms with Crippen LogP contribution in [0.4, 0.5) is 14.9 Å². The van der Waals surface area contributed by atoms with Gasteiger partial charge in [0.1, 0.15) is 12.4 Å². The van der Waals surface area contributed by atoms with Crippen LogP contribution in [-0.2, 0) is 9.59 Å². The van der Waals surface area contributed by atoms with Crippen LogP contribution in [0.15, 0.2) is 59.8 Å². The summed E-state index contributed by atoms with van der Waals surface area (Å²) in [5.74, 6) is -1.17. The molecule has 1 atom stereocenters. The summed E-state index contributed by atoms with van der Waals surface area (Å²) in [6.45, 7) is 2.12. The first-order valence-electron chi connectivity index (χ1n) is 9.79. The lowest BCUT2D eigenvalue weighted by molar-refractivity contribution is -0.130. The largest absolute Gasteiger partial charge is 0.326 e. The molecule has 0 spiro atoms. The SMILES string of the molecule is CCN1C(=O)NC(c2ccccc2Cl)C2=C1CN(CC(=O)Nc1ccc(F)cc1)C2=O. The Morgan fingerprint density at radius 1 is 1.19 bits per heavy atom. The quantitative estimate of drug-likeness (QED) is 0.745. The first kappa shape index (κ1) is 20.9. The van der Waals surface area contributed by atoms with Crippen molar-refractivity contribution in [1.29, 1.82) is 0 Å². The second kappa shape index (κ2) is 8.39. The van der Waals surface area contributed by atoms with Gasteiger partial charge in [0.25, 0.3) is 5.91 Å². The molecule has 0 aliphatic carbocycles. The lowest BCUT2D eigenvalue weighted by Crippen LogP contribution is -2.47. The summed E-state index contributed by atoms with van der Waals surface area (Å²) in [7, 11) is 0. The predicted molar refractivity (Wildman–Crippen MR) is 114 cm³/mol. The van der Waals surface area contributed by atoms with Crippen molar-refractivity contribution >= 4 is 35.1 Å². The highest BCUT2D eigenvalue weighted by Gasteiger charge is 2.44. The standard InChI is InChI=1S/C22H20ClFN4O3/c1-2-28-17-11-27(12-18(29)25-14-9-7-13(24)8-10-14)21(30)19(17)20(26-22(28)31)15-5-3-4-6-16(15)23/h3-10,20H,2,11-12H2,1H3,(H,25,29)(H,26,31). The molecule has 0 saturated carbocycles. The van der Waals surface area contributed by atoms with E-state index < -0.39 is 17.8 Å². The van der Waals surface area contributed by atoms with Gasteiger partial charge in [0.15, 0.2) is 0 Å². The van der Waals surface area contributed by atoms with E-state index in [2.05, 4.69) is 10.6 Å². The lowest BCUT2D eigenvalue weighted by Gasteiger charge is -2.33. The fraction of sp³-hybridized carbons (Fsp3) is 0.227. The van der Waals surface area contributed by atoms with Crippen LogP contribution < -0.4 is 10.6 Å². The number of nitrogens with one attached hydrogen (secondary N) is 2.